The third-order valence-electron chi connectivity index (χ3n) is 6.59. The molecular weight excluding hydrogens is 606 g/mol. The van der Waals surface area contributed by atoms with Crippen molar-refractivity contribution < 1.29 is 32.6 Å². The van der Waals surface area contributed by atoms with Crippen LogP contribution in [0.25, 0.3) is 5.69 Å². The number of aryl methyl sites for hydroxylation is 2. The second kappa shape index (κ2) is 13.3. The third-order valence-corrected chi connectivity index (χ3v) is 7.27. The second-order valence-electron chi connectivity index (χ2n) is 9.32. The van der Waals surface area contributed by atoms with Crippen molar-refractivity contribution in [1.29, 1.82) is 0 Å². The van der Waals surface area contributed by atoms with Crippen LogP contribution in [0.1, 0.15) is 27.3 Å². The molecule has 1 aromatic heterocycles. The lowest BCUT2D eigenvalue weighted by Gasteiger charge is -2.29. The largest absolute Gasteiger partial charge is 0.472 e. The average molecular weight is 635 g/mol. The van der Waals surface area contributed by atoms with E-state index in [2.05, 4.69) is 26.2 Å². The maximum atomic E-state index is 14.0. The lowest BCUT2D eigenvalue weighted by Crippen LogP contribution is -2.49. The number of morpholine rings is 1. The lowest BCUT2D eigenvalue weighted by molar-refractivity contribution is -0.145. The number of methoxy groups -OCH3 is 1. The predicted molar refractivity (Wildman–Crippen MR) is 148 cm³/mol. The molecule has 1 aliphatic rings. The summed E-state index contributed by atoms with van der Waals surface area (Å²) in [5.74, 6) is -1.99. The number of rotatable bonds is 9. The topological polar surface area (TPSA) is 112 Å². The molecule has 4 rings (SSSR count). The van der Waals surface area contributed by atoms with Crippen LogP contribution in [0.5, 0.6) is 5.88 Å². The highest BCUT2D eigenvalue weighted by atomic mass is 79.9. The molecule has 0 aliphatic carbocycles. The van der Waals surface area contributed by atoms with Gasteiger partial charge in [0.2, 0.25) is 5.88 Å². The summed E-state index contributed by atoms with van der Waals surface area (Å²) in [6, 6.07) is 7.95. The number of hydrogen-bond acceptors (Lipinski definition) is 7. The first-order chi connectivity index (χ1) is 19.6. The highest BCUT2D eigenvalue weighted by molar-refractivity contribution is 9.10. The van der Waals surface area contributed by atoms with E-state index < -0.39 is 29.2 Å². The van der Waals surface area contributed by atoms with E-state index >= 15 is 0 Å². The van der Waals surface area contributed by atoms with Crippen LogP contribution in [0.4, 0.5) is 8.78 Å². The van der Waals surface area contributed by atoms with Gasteiger partial charge in [-0.25, -0.2) is 8.78 Å². The van der Waals surface area contributed by atoms with Crippen LogP contribution in [0.15, 0.2) is 45.7 Å². The number of hydrogen-bond donors (Lipinski definition) is 1. The zero-order valence-electron chi connectivity index (χ0n) is 22.7. The molecule has 1 saturated heterocycles. The van der Waals surface area contributed by atoms with Crippen LogP contribution in [0.3, 0.4) is 0 Å². The Bertz CT molecular complexity index is 1510. The highest BCUT2D eigenvalue weighted by Crippen LogP contribution is 2.24. The van der Waals surface area contributed by atoms with Crippen LogP contribution >= 0.6 is 15.9 Å². The Hall–Kier alpha value is -3.68. The summed E-state index contributed by atoms with van der Waals surface area (Å²) in [5.41, 5.74) is 0.952. The first-order valence-electron chi connectivity index (χ1n) is 12.7. The van der Waals surface area contributed by atoms with Gasteiger partial charge in [0.05, 0.1) is 25.4 Å². The Morgan fingerprint density at radius 2 is 1.88 bits per heavy atom. The summed E-state index contributed by atoms with van der Waals surface area (Å²) in [5, 5.41) is 2.73. The van der Waals surface area contributed by atoms with Crippen molar-refractivity contribution in [3.05, 3.63) is 85.4 Å². The van der Waals surface area contributed by atoms with Crippen LogP contribution in [-0.4, -0.2) is 72.3 Å². The van der Waals surface area contributed by atoms with E-state index in [0.717, 1.165) is 12.1 Å². The molecule has 0 spiro atoms. The smallest absolute Gasteiger partial charge is 0.276 e. The predicted octanol–water partition coefficient (Wildman–Crippen LogP) is 3.07. The van der Waals surface area contributed by atoms with Gasteiger partial charge in [-0.15, -0.1) is 0 Å². The normalized spacial score (nSPS) is 14.0. The minimum atomic E-state index is -0.858. The molecular formula is C28H29BrF2N4O6. The molecule has 1 unspecified atom stereocenters. The van der Waals surface area contributed by atoms with E-state index in [9.17, 15) is 23.2 Å². The van der Waals surface area contributed by atoms with E-state index in [0.29, 0.717) is 37.6 Å². The fraction of sp³-hybridized carbons (Fsp3) is 0.357. The maximum Gasteiger partial charge on any atom is 0.276 e. The van der Waals surface area contributed by atoms with Crippen LogP contribution in [0, 0.1) is 25.5 Å². The summed E-state index contributed by atoms with van der Waals surface area (Å²) < 4.78 is 44.7. The Morgan fingerprint density at radius 1 is 1.15 bits per heavy atom. The number of halogens is 3. The van der Waals surface area contributed by atoms with Crippen molar-refractivity contribution in [2.24, 2.45) is 0 Å². The number of carbonyl (C=O) groups excluding carboxylic acids is 2. The van der Waals surface area contributed by atoms with Crippen LogP contribution < -0.4 is 15.6 Å². The van der Waals surface area contributed by atoms with E-state index in [1.807, 2.05) is 0 Å². The number of benzene rings is 2. The van der Waals surface area contributed by atoms with Gasteiger partial charge in [0.15, 0.2) is 6.10 Å². The maximum absolute atomic E-state index is 14.0. The van der Waals surface area contributed by atoms with Gasteiger partial charge in [-0.05, 0) is 59.6 Å². The van der Waals surface area contributed by atoms with Gasteiger partial charge in [0, 0.05) is 37.4 Å². The van der Waals surface area contributed by atoms with Gasteiger partial charge in [0.1, 0.15) is 28.5 Å². The van der Waals surface area contributed by atoms with Crippen LogP contribution in [-0.2, 0) is 20.9 Å². The highest BCUT2D eigenvalue weighted by Gasteiger charge is 2.26. The molecule has 0 radical (unpaired) electrons. The Labute approximate surface area is 243 Å². The quantitative estimate of drug-likeness (QED) is 0.385. The molecule has 2 aromatic carbocycles. The molecule has 1 aliphatic heterocycles. The molecule has 2 amide bonds. The number of nitrogens with one attached hydrogen (secondary N) is 1. The fourth-order valence-corrected chi connectivity index (χ4v) is 4.67. The van der Waals surface area contributed by atoms with Gasteiger partial charge >= 0.3 is 0 Å². The van der Waals surface area contributed by atoms with E-state index in [1.165, 1.54) is 17.7 Å². The number of amides is 2. The second-order valence-corrected chi connectivity index (χ2v) is 10.1. The molecule has 41 heavy (non-hydrogen) atoms. The van der Waals surface area contributed by atoms with E-state index in [1.54, 1.807) is 36.9 Å². The molecule has 1 atom stereocenters. The van der Waals surface area contributed by atoms with Crippen molar-refractivity contribution in [2.75, 3.05) is 40.0 Å². The monoisotopic (exact) mass is 634 g/mol. The Balaban J connectivity index is 1.52. The number of carbonyl (C=O) groups is 2. The van der Waals surface area contributed by atoms with Gasteiger partial charge < -0.3 is 24.4 Å². The fourth-order valence-electron chi connectivity index (χ4n) is 4.28. The summed E-state index contributed by atoms with van der Waals surface area (Å²) in [6.45, 7) is 4.87. The van der Waals surface area contributed by atoms with Crippen molar-refractivity contribution in [1.82, 2.24) is 19.8 Å². The van der Waals surface area contributed by atoms with Crippen LogP contribution in [0.2, 0.25) is 0 Å². The van der Waals surface area contributed by atoms with Crippen molar-refractivity contribution in [3.63, 3.8) is 0 Å². The summed E-state index contributed by atoms with van der Waals surface area (Å²) in [6.07, 6.45) is -0.858. The van der Waals surface area contributed by atoms with Gasteiger partial charge in [-0.1, -0.05) is 6.07 Å². The standard InChI is InChI=1S/C28H29BrF2N4O6/c1-16-4-5-18(25(36)32-14-23(39-3)27(37)34-8-10-40-11-9-34)12-22(16)35-17(2)33-26(24(29)28(35)38)41-15-19-6-7-20(30)13-21(19)31/h4-7,12-13,23H,8-11,14-15H2,1-3H3,(H,32,36). The zero-order chi connectivity index (χ0) is 29.7. The molecule has 13 heteroatoms. The summed E-state index contributed by atoms with van der Waals surface area (Å²) in [7, 11) is 1.41. The minimum Gasteiger partial charge on any atom is -0.472 e. The summed E-state index contributed by atoms with van der Waals surface area (Å²) >= 11 is 3.22. The number of nitrogens with zero attached hydrogens (tertiary/aromatic N) is 3. The molecule has 1 N–H and O–H groups in total. The third kappa shape index (κ3) is 6.97. The molecule has 3 aromatic rings. The minimum absolute atomic E-state index is 0.00978. The van der Waals surface area contributed by atoms with E-state index in [4.69, 9.17) is 14.2 Å². The SMILES string of the molecule is COC(CNC(=O)c1ccc(C)c(-n2c(C)nc(OCc3ccc(F)cc3F)c(Br)c2=O)c1)C(=O)N1CCOCC1. The average Bonchev–Trinajstić information content (AvgIpc) is 2.96. The van der Waals surface area contributed by atoms with Crippen molar-refractivity contribution in [3.8, 4) is 11.6 Å². The zero-order valence-corrected chi connectivity index (χ0v) is 24.3. The molecule has 218 valence electrons. The Morgan fingerprint density at radius 3 is 2.56 bits per heavy atom. The molecule has 0 bridgehead atoms. The van der Waals surface area contributed by atoms with Crippen molar-refractivity contribution >= 4 is 27.7 Å². The van der Waals surface area contributed by atoms with E-state index in [-0.39, 0.29) is 46.4 Å². The number of aromatic nitrogens is 2. The molecule has 1 fully saturated rings. The van der Waals surface area contributed by atoms with Crippen molar-refractivity contribution in [2.45, 2.75) is 26.6 Å². The van der Waals surface area contributed by atoms with Gasteiger partial charge in [-0.2, -0.15) is 4.98 Å². The van der Waals surface area contributed by atoms with Gasteiger partial charge in [-0.3, -0.25) is 19.0 Å². The summed E-state index contributed by atoms with van der Waals surface area (Å²) in [4.78, 5) is 45.1. The number of ether oxygens (including phenoxy) is 3. The molecule has 10 nitrogen and oxygen atoms in total. The molecule has 0 saturated carbocycles. The molecule has 2 heterocycles. The first kappa shape index (κ1) is 30.3. The van der Waals surface area contributed by atoms with Gasteiger partial charge in [0.25, 0.3) is 17.4 Å². The first-order valence-corrected chi connectivity index (χ1v) is 13.5. The lowest BCUT2D eigenvalue weighted by atomic mass is 10.1. The Kier molecular flexibility index (Phi) is 9.84.